The summed E-state index contributed by atoms with van der Waals surface area (Å²) in [6.07, 6.45) is 0. The van der Waals surface area contributed by atoms with E-state index in [-0.39, 0.29) is 10.9 Å². The lowest BCUT2D eigenvalue weighted by atomic mass is 10.1. The zero-order valence-corrected chi connectivity index (χ0v) is 12.0. The van der Waals surface area contributed by atoms with Crippen molar-refractivity contribution in [2.24, 2.45) is 5.73 Å². The summed E-state index contributed by atoms with van der Waals surface area (Å²) < 4.78 is 0. The van der Waals surface area contributed by atoms with Gasteiger partial charge in [-0.2, -0.15) is 0 Å². The molecule has 6 heteroatoms. The van der Waals surface area contributed by atoms with Gasteiger partial charge in [0.05, 0.1) is 6.54 Å². The molecular weight excluding hydrogens is 278 g/mol. The fourth-order valence-corrected chi connectivity index (χ4v) is 2.39. The Kier molecular flexibility index (Phi) is 4.24. The van der Waals surface area contributed by atoms with Gasteiger partial charge in [-0.05, 0) is 19.1 Å². The molecule has 0 bridgehead atoms. The Hall–Kier alpha value is -1.79. The highest BCUT2D eigenvalue weighted by Crippen LogP contribution is 2.09. The number of carbonyl (C=O) groups excluding carboxylic acids is 1. The average molecular weight is 291 g/mol. The first-order valence-electron chi connectivity index (χ1n) is 5.65. The van der Waals surface area contributed by atoms with E-state index in [1.807, 2.05) is 12.3 Å². The van der Waals surface area contributed by atoms with Crippen LogP contribution in [-0.4, -0.2) is 15.9 Å². The molecule has 1 heterocycles. The van der Waals surface area contributed by atoms with E-state index in [2.05, 4.69) is 10.3 Å². The van der Waals surface area contributed by atoms with Crippen LogP contribution in [-0.2, 0) is 6.54 Å². The van der Waals surface area contributed by atoms with Gasteiger partial charge < -0.3 is 11.1 Å². The van der Waals surface area contributed by atoms with E-state index in [0.29, 0.717) is 17.7 Å². The lowest BCUT2D eigenvalue weighted by molar-refractivity contribution is 0.0951. The molecule has 4 nitrogen and oxygen atoms in total. The van der Waals surface area contributed by atoms with Crippen molar-refractivity contribution in [1.82, 2.24) is 10.3 Å². The van der Waals surface area contributed by atoms with Gasteiger partial charge in [0.2, 0.25) is 0 Å². The second-order valence-electron chi connectivity index (χ2n) is 4.01. The number of rotatable bonds is 4. The predicted octanol–water partition coefficient (Wildman–Crippen LogP) is 2.02. The topological polar surface area (TPSA) is 68.0 Å². The number of aryl methyl sites for hydroxylation is 1. The van der Waals surface area contributed by atoms with Crippen molar-refractivity contribution in [3.05, 3.63) is 51.5 Å². The molecule has 3 N–H and O–H groups in total. The molecule has 19 heavy (non-hydrogen) atoms. The Morgan fingerprint density at radius 2 is 2.21 bits per heavy atom. The van der Waals surface area contributed by atoms with Crippen molar-refractivity contribution in [3.63, 3.8) is 0 Å². The molecule has 0 unspecified atom stereocenters. The highest BCUT2D eigenvalue weighted by molar-refractivity contribution is 7.80. The van der Waals surface area contributed by atoms with Crippen LogP contribution < -0.4 is 11.1 Å². The largest absolute Gasteiger partial charge is 0.389 e. The molecule has 1 aromatic carbocycles. The van der Waals surface area contributed by atoms with Crippen LogP contribution in [0.1, 0.15) is 26.6 Å². The van der Waals surface area contributed by atoms with Gasteiger partial charge in [0, 0.05) is 22.2 Å². The van der Waals surface area contributed by atoms with Crippen LogP contribution in [0.3, 0.4) is 0 Å². The Morgan fingerprint density at radius 1 is 1.47 bits per heavy atom. The number of thiazole rings is 1. The third-order valence-electron chi connectivity index (χ3n) is 2.48. The monoisotopic (exact) mass is 291 g/mol. The first-order chi connectivity index (χ1) is 9.06. The molecule has 0 fully saturated rings. The summed E-state index contributed by atoms with van der Waals surface area (Å²) in [5.74, 6) is -0.161. The minimum atomic E-state index is -0.161. The Balaban J connectivity index is 2.03. The fourth-order valence-electron chi connectivity index (χ4n) is 1.56. The SMILES string of the molecule is Cc1csc(CNC(=O)c2cccc(C(N)=S)c2)n1. The normalized spacial score (nSPS) is 10.2. The Bertz CT molecular complexity index is 622. The molecule has 0 spiro atoms. The van der Waals surface area contributed by atoms with E-state index >= 15 is 0 Å². The number of nitrogens with one attached hydrogen (secondary N) is 1. The van der Waals surface area contributed by atoms with E-state index in [1.165, 1.54) is 11.3 Å². The maximum absolute atomic E-state index is 12.0. The van der Waals surface area contributed by atoms with E-state index in [1.54, 1.807) is 24.3 Å². The maximum Gasteiger partial charge on any atom is 0.251 e. The lowest BCUT2D eigenvalue weighted by Crippen LogP contribution is -2.23. The number of hydrogen-bond acceptors (Lipinski definition) is 4. The highest BCUT2D eigenvalue weighted by atomic mass is 32.1. The maximum atomic E-state index is 12.0. The summed E-state index contributed by atoms with van der Waals surface area (Å²) in [6.45, 7) is 2.35. The van der Waals surface area contributed by atoms with Crippen LogP contribution in [0.4, 0.5) is 0 Å². The van der Waals surface area contributed by atoms with Gasteiger partial charge in [-0.1, -0.05) is 24.4 Å². The van der Waals surface area contributed by atoms with E-state index in [4.69, 9.17) is 18.0 Å². The summed E-state index contributed by atoms with van der Waals surface area (Å²) in [4.78, 5) is 16.5. The van der Waals surface area contributed by atoms with Crippen molar-refractivity contribution in [3.8, 4) is 0 Å². The van der Waals surface area contributed by atoms with Crippen LogP contribution in [0.15, 0.2) is 29.6 Å². The average Bonchev–Trinajstić information content (AvgIpc) is 2.82. The summed E-state index contributed by atoms with van der Waals surface area (Å²) >= 11 is 6.42. The number of benzene rings is 1. The number of nitrogens with two attached hydrogens (primary N) is 1. The van der Waals surface area contributed by atoms with Crippen molar-refractivity contribution in [2.75, 3.05) is 0 Å². The number of thiocarbonyl (C=S) groups is 1. The van der Waals surface area contributed by atoms with E-state index < -0.39 is 0 Å². The Morgan fingerprint density at radius 3 is 2.84 bits per heavy atom. The van der Waals surface area contributed by atoms with Crippen LogP contribution in [0.2, 0.25) is 0 Å². The number of amides is 1. The molecule has 0 saturated carbocycles. The first-order valence-corrected chi connectivity index (χ1v) is 6.94. The minimum Gasteiger partial charge on any atom is -0.389 e. The molecular formula is C13H13N3OS2. The van der Waals surface area contributed by atoms with Gasteiger partial charge >= 0.3 is 0 Å². The standard InChI is InChI=1S/C13H13N3OS2/c1-8-7-19-11(16-8)6-15-13(17)10-4-2-3-9(5-10)12(14)18/h2-5,7H,6H2,1H3,(H2,14,18)(H,15,17). The van der Waals surface area contributed by atoms with Gasteiger partial charge in [-0.15, -0.1) is 11.3 Å². The number of carbonyl (C=O) groups is 1. The fraction of sp³-hybridized carbons (Fsp3) is 0.154. The molecule has 0 aliphatic carbocycles. The van der Waals surface area contributed by atoms with Crippen molar-refractivity contribution >= 4 is 34.5 Å². The summed E-state index contributed by atoms with van der Waals surface area (Å²) in [7, 11) is 0. The zero-order chi connectivity index (χ0) is 13.8. The third-order valence-corrected chi connectivity index (χ3v) is 3.68. The number of hydrogen-bond donors (Lipinski definition) is 2. The van der Waals surface area contributed by atoms with Gasteiger partial charge in [0.25, 0.3) is 5.91 Å². The zero-order valence-electron chi connectivity index (χ0n) is 10.3. The van der Waals surface area contributed by atoms with Crippen LogP contribution in [0, 0.1) is 6.92 Å². The van der Waals surface area contributed by atoms with Crippen LogP contribution >= 0.6 is 23.6 Å². The van der Waals surface area contributed by atoms with Crippen LogP contribution in [0.25, 0.3) is 0 Å². The highest BCUT2D eigenvalue weighted by Gasteiger charge is 2.08. The van der Waals surface area contributed by atoms with Gasteiger partial charge in [0.15, 0.2) is 0 Å². The molecule has 0 radical (unpaired) electrons. The summed E-state index contributed by atoms with van der Waals surface area (Å²) in [5.41, 5.74) is 7.73. The third kappa shape index (κ3) is 3.59. The number of aromatic nitrogens is 1. The van der Waals surface area contributed by atoms with Gasteiger partial charge in [-0.3, -0.25) is 4.79 Å². The summed E-state index contributed by atoms with van der Waals surface area (Å²) in [5, 5.41) is 5.66. The molecule has 2 rings (SSSR count). The first kappa shape index (κ1) is 13.6. The molecule has 0 atom stereocenters. The van der Waals surface area contributed by atoms with Crippen molar-refractivity contribution in [2.45, 2.75) is 13.5 Å². The van der Waals surface area contributed by atoms with Crippen molar-refractivity contribution in [1.29, 1.82) is 0 Å². The smallest absolute Gasteiger partial charge is 0.251 e. The lowest BCUT2D eigenvalue weighted by Gasteiger charge is -2.05. The molecule has 1 amide bonds. The Labute approximate surface area is 120 Å². The molecule has 1 aromatic heterocycles. The van der Waals surface area contributed by atoms with E-state index in [0.717, 1.165) is 10.7 Å². The minimum absolute atomic E-state index is 0.161. The van der Waals surface area contributed by atoms with E-state index in [9.17, 15) is 4.79 Å². The second-order valence-corrected chi connectivity index (χ2v) is 5.39. The molecule has 2 aromatic rings. The number of nitrogens with zero attached hydrogens (tertiary/aromatic N) is 1. The summed E-state index contributed by atoms with van der Waals surface area (Å²) in [6, 6.07) is 6.95. The van der Waals surface area contributed by atoms with Gasteiger partial charge in [-0.25, -0.2) is 4.98 Å². The molecule has 98 valence electrons. The quantitative estimate of drug-likeness (QED) is 0.846. The second kappa shape index (κ2) is 5.90. The molecule has 0 aliphatic rings. The predicted molar refractivity (Wildman–Crippen MR) is 80.4 cm³/mol. The molecule has 0 aliphatic heterocycles. The van der Waals surface area contributed by atoms with Crippen molar-refractivity contribution < 1.29 is 4.79 Å². The molecule has 0 saturated heterocycles. The van der Waals surface area contributed by atoms with Gasteiger partial charge in [0.1, 0.15) is 10.00 Å². The van der Waals surface area contributed by atoms with Crippen LogP contribution in [0.5, 0.6) is 0 Å².